The molecule has 0 aliphatic rings. The highest BCUT2D eigenvalue weighted by Gasteiger charge is 2.28. The van der Waals surface area contributed by atoms with Crippen LogP contribution in [0, 0.1) is 6.92 Å². The first-order valence-corrected chi connectivity index (χ1v) is 10.5. The van der Waals surface area contributed by atoms with Crippen LogP contribution in [-0.2, 0) is 16.1 Å². The molecule has 5 heteroatoms. The summed E-state index contributed by atoms with van der Waals surface area (Å²) in [5.41, 5.74) is 1.82. The lowest BCUT2D eigenvalue weighted by Gasteiger charge is -2.31. The summed E-state index contributed by atoms with van der Waals surface area (Å²) < 4.78 is 5.73. The lowest BCUT2D eigenvalue weighted by Crippen LogP contribution is -2.52. The van der Waals surface area contributed by atoms with E-state index in [2.05, 4.69) is 5.32 Å². The van der Waals surface area contributed by atoms with Crippen LogP contribution in [0.2, 0.25) is 0 Å². The summed E-state index contributed by atoms with van der Waals surface area (Å²) in [6.07, 6.45) is 0.914. The summed E-state index contributed by atoms with van der Waals surface area (Å²) in [6, 6.07) is 17.0. The number of benzene rings is 2. The second-order valence-corrected chi connectivity index (χ2v) is 8.69. The highest BCUT2D eigenvalue weighted by atomic mass is 16.5. The molecule has 0 heterocycles. The predicted molar refractivity (Wildman–Crippen MR) is 120 cm³/mol. The van der Waals surface area contributed by atoms with Gasteiger partial charge < -0.3 is 15.0 Å². The molecule has 2 rings (SSSR count). The second-order valence-electron chi connectivity index (χ2n) is 8.69. The second kappa shape index (κ2) is 10.8. The Balaban J connectivity index is 1.98. The van der Waals surface area contributed by atoms with E-state index in [1.165, 1.54) is 5.56 Å². The molecule has 0 bridgehead atoms. The Hall–Kier alpha value is -2.82. The molecule has 2 aromatic rings. The number of amides is 2. The van der Waals surface area contributed by atoms with Crippen LogP contribution in [-0.4, -0.2) is 34.9 Å². The third-order valence-electron chi connectivity index (χ3n) is 4.69. The molecule has 0 fully saturated rings. The van der Waals surface area contributed by atoms with Crippen molar-refractivity contribution in [3.63, 3.8) is 0 Å². The molecule has 2 aromatic carbocycles. The van der Waals surface area contributed by atoms with E-state index in [1.807, 2.05) is 82.3 Å². The lowest BCUT2D eigenvalue weighted by molar-refractivity contribution is -0.141. The van der Waals surface area contributed by atoms with Gasteiger partial charge in [0.25, 0.3) is 0 Å². The number of carbonyl (C=O) groups excluding carboxylic acids is 2. The van der Waals surface area contributed by atoms with Gasteiger partial charge in [0.1, 0.15) is 11.8 Å². The summed E-state index contributed by atoms with van der Waals surface area (Å²) in [4.78, 5) is 27.4. The quantitative estimate of drug-likeness (QED) is 0.620. The number of ether oxygens (including phenoxy) is 1. The van der Waals surface area contributed by atoms with Gasteiger partial charge >= 0.3 is 0 Å². The van der Waals surface area contributed by atoms with Crippen LogP contribution in [0.15, 0.2) is 54.6 Å². The van der Waals surface area contributed by atoms with Gasteiger partial charge in [0.05, 0.1) is 6.61 Å². The van der Waals surface area contributed by atoms with E-state index in [1.54, 1.807) is 11.8 Å². The van der Waals surface area contributed by atoms with E-state index in [4.69, 9.17) is 4.74 Å². The highest BCUT2D eigenvalue weighted by molar-refractivity contribution is 5.87. The van der Waals surface area contributed by atoms with Gasteiger partial charge in [-0.2, -0.15) is 0 Å². The van der Waals surface area contributed by atoms with Crippen LogP contribution in [0.5, 0.6) is 5.75 Å². The van der Waals surface area contributed by atoms with Crippen LogP contribution in [0.1, 0.15) is 51.7 Å². The van der Waals surface area contributed by atoms with Crippen LogP contribution >= 0.6 is 0 Å². The van der Waals surface area contributed by atoms with Gasteiger partial charge in [-0.15, -0.1) is 0 Å². The summed E-state index contributed by atoms with van der Waals surface area (Å²) in [7, 11) is 0. The number of nitrogens with zero attached hydrogens (tertiary/aromatic N) is 1. The predicted octanol–water partition coefficient (Wildman–Crippen LogP) is 4.49. The maximum absolute atomic E-state index is 13.0. The number of carbonyl (C=O) groups is 2. The SMILES string of the molecule is Cc1ccc(OCCCC(=O)N(Cc2ccccc2)[C@H](C)C(=O)NC(C)(C)C)cc1. The van der Waals surface area contributed by atoms with E-state index in [0.29, 0.717) is 26.0 Å². The molecule has 30 heavy (non-hydrogen) atoms. The van der Waals surface area contributed by atoms with E-state index < -0.39 is 6.04 Å². The first kappa shape index (κ1) is 23.5. The molecule has 0 aliphatic heterocycles. The van der Waals surface area contributed by atoms with Gasteiger partial charge in [-0.3, -0.25) is 9.59 Å². The Kier molecular flexibility index (Phi) is 8.46. The molecule has 0 radical (unpaired) electrons. The molecule has 1 N–H and O–H groups in total. The fraction of sp³-hybridized carbons (Fsp3) is 0.440. The number of hydrogen-bond donors (Lipinski definition) is 1. The molecule has 0 saturated carbocycles. The normalized spacial score (nSPS) is 12.2. The standard InChI is InChI=1S/C25H34N2O3/c1-19-13-15-22(16-14-19)30-17-9-12-23(28)27(18-21-10-7-6-8-11-21)20(2)24(29)26-25(3,4)5/h6-8,10-11,13-16,20H,9,12,17-18H2,1-5H3,(H,26,29)/t20-/m1/s1. The highest BCUT2D eigenvalue weighted by Crippen LogP contribution is 2.15. The largest absolute Gasteiger partial charge is 0.494 e. The average molecular weight is 411 g/mol. The number of hydrogen-bond acceptors (Lipinski definition) is 3. The van der Waals surface area contributed by atoms with Crippen molar-refractivity contribution in [2.24, 2.45) is 0 Å². The third kappa shape index (κ3) is 7.90. The van der Waals surface area contributed by atoms with E-state index in [-0.39, 0.29) is 17.4 Å². The van der Waals surface area contributed by atoms with Gasteiger partial charge in [0.15, 0.2) is 0 Å². The zero-order valence-corrected chi connectivity index (χ0v) is 18.8. The first-order valence-electron chi connectivity index (χ1n) is 10.5. The van der Waals surface area contributed by atoms with Gasteiger partial charge in [-0.05, 0) is 58.7 Å². The summed E-state index contributed by atoms with van der Waals surface area (Å²) in [5.74, 6) is 0.595. The maximum atomic E-state index is 13.0. The van der Waals surface area contributed by atoms with E-state index >= 15 is 0 Å². The van der Waals surface area contributed by atoms with Gasteiger partial charge in [0, 0.05) is 18.5 Å². The smallest absolute Gasteiger partial charge is 0.242 e. The van der Waals surface area contributed by atoms with Crippen molar-refractivity contribution in [2.75, 3.05) is 6.61 Å². The number of nitrogens with one attached hydrogen (secondary N) is 1. The van der Waals surface area contributed by atoms with Crippen LogP contribution in [0.25, 0.3) is 0 Å². The molecule has 0 spiro atoms. The van der Waals surface area contributed by atoms with Crippen LogP contribution in [0.3, 0.4) is 0 Å². The van der Waals surface area contributed by atoms with Crippen molar-refractivity contribution in [1.29, 1.82) is 0 Å². The molecule has 0 saturated heterocycles. The summed E-state index contributed by atoms with van der Waals surface area (Å²) in [5, 5.41) is 2.98. The van der Waals surface area contributed by atoms with Crippen molar-refractivity contribution in [3.8, 4) is 5.75 Å². The van der Waals surface area contributed by atoms with E-state index in [9.17, 15) is 9.59 Å². The topological polar surface area (TPSA) is 58.6 Å². The number of aryl methyl sites for hydroxylation is 1. The van der Waals surface area contributed by atoms with Crippen LogP contribution < -0.4 is 10.1 Å². The Morgan fingerprint density at radius 2 is 1.67 bits per heavy atom. The van der Waals surface area contributed by atoms with Crippen molar-refractivity contribution in [3.05, 3.63) is 65.7 Å². The molecule has 0 aromatic heterocycles. The fourth-order valence-corrected chi connectivity index (χ4v) is 3.03. The van der Waals surface area contributed by atoms with E-state index in [0.717, 1.165) is 11.3 Å². The van der Waals surface area contributed by atoms with Crippen molar-refractivity contribution in [1.82, 2.24) is 10.2 Å². The molecule has 162 valence electrons. The third-order valence-corrected chi connectivity index (χ3v) is 4.69. The molecule has 2 amide bonds. The molecule has 0 aliphatic carbocycles. The van der Waals surface area contributed by atoms with Gasteiger partial charge in [-0.25, -0.2) is 0 Å². The van der Waals surface area contributed by atoms with Gasteiger partial charge in [-0.1, -0.05) is 48.0 Å². The Labute approximate surface area is 180 Å². The maximum Gasteiger partial charge on any atom is 0.242 e. The molecular formula is C25H34N2O3. The van der Waals surface area contributed by atoms with Crippen molar-refractivity contribution in [2.45, 2.75) is 65.6 Å². The minimum atomic E-state index is -0.560. The molecule has 1 atom stereocenters. The molecular weight excluding hydrogens is 376 g/mol. The molecule has 5 nitrogen and oxygen atoms in total. The first-order chi connectivity index (χ1) is 14.2. The van der Waals surface area contributed by atoms with Gasteiger partial charge in [0.2, 0.25) is 11.8 Å². The zero-order chi connectivity index (χ0) is 22.1. The Bertz CT molecular complexity index is 811. The molecule has 0 unspecified atom stereocenters. The minimum absolute atomic E-state index is 0.0529. The van der Waals surface area contributed by atoms with Crippen molar-refractivity contribution >= 4 is 11.8 Å². The Morgan fingerprint density at radius 3 is 2.27 bits per heavy atom. The van der Waals surface area contributed by atoms with Crippen LogP contribution in [0.4, 0.5) is 0 Å². The number of rotatable bonds is 9. The fourth-order valence-electron chi connectivity index (χ4n) is 3.03. The zero-order valence-electron chi connectivity index (χ0n) is 18.8. The summed E-state index contributed by atoms with van der Waals surface area (Å²) in [6.45, 7) is 10.5. The minimum Gasteiger partial charge on any atom is -0.494 e. The summed E-state index contributed by atoms with van der Waals surface area (Å²) >= 11 is 0. The Morgan fingerprint density at radius 1 is 1.03 bits per heavy atom. The average Bonchev–Trinajstić information content (AvgIpc) is 2.69. The lowest BCUT2D eigenvalue weighted by atomic mass is 10.1. The monoisotopic (exact) mass is 410 g/mol. The van der Waals surface area contributed by atoms with Crippen molar-refractivity contribution < 1.29 is 14.3 Å².